The quantitative estimate of drug-likeness (QED) is 0.503. The maximum absolute atomic E-state index is 11.1. The molecule has 15 heavy (non-hydrogen) atoms. The van der Waals surface area contributed by atoms with Gasteiger partial charge in [0.1, 0.15) is 0 Å². The van der Waals surface area contributed by atoms with E-state index in [1.165, 1.54) is 27.7 Å². The van der Waals surface area contributed by atoms with Crippen LogP contribution in [-0.4, -0.2) is 11.6 Å². The van der Waals surface area contributed by atoms with E-state index in [0.717, 1.165) is 0 Å². The van der Waals surface area contributed by atoms with E-state index in [9.17, 15) is 19.8 Å². The van der Waals surface area contributed by atoms with Crippen molar-refractivity contribution in [3.63, 3.8) is 0 Å². The first kappa shape index (κ1) is 13.8. The summed E-state index contributed by atoms with van der Waals surface area (Å²) in [7, 11) is 0. The molecule has 0 aliphatic rings. The largest absolute Gasteiger partial charge is 0.875 e. The Hall–Kier alpha value is -1.23. The first-order chi connectivity index (χ1) is 6.77. The molecular weight excluding hydrogens is 216 g/mol. The van der Waals surface area contributed by atoms with Gasteiger partial charge in [0.15, 0.2) is 11.6 Å². The second-order valence-electron chi connectivity index (χ2n) is 2.99. The Labute approximate surface area is 92.7 Å². The first-order valence-corrected chi connectivity index (χ1v) is 5.04. The minimum absolute atomic E-state index is 0.0876. The summed E-state index contributed by atoms with van der Waals surface area (Å²) < 4.78 is 0. The number of allylic oxidation sites excluding steroid dienone is 4. The lowest BCUT2D eigenvalue weighted by molar-refractivity contribution is -0.302. The van der Waals surface area contributed by atoms with Crippen LogP contribution in [0.5, 0.6) is 0 Å². The number of carbonyl (C=O) groups is 2. The summed E-state index contributed by atoms with van der Waals surface area (Å²) in [5, 5.41) is 22.1. The molecule has 0 spiro atoms. The standard InChI is InChI=1S/C10H14O4S/c1-5(11)9(6(2)12)15-10(7(3)13)8(4)14/h11,13H,1-4H3/p-2/b9-5-,10-7+. The molecular formula is C10H12O4S-2. The third-order valence-corrected chi connectivity index (χ3v) is 3.04. The normalized spacial score (nSPS) is 14.1. The van der Waals surface area contributed by atoms with Gasteiger partial charge < -0.3 is 10.2 Å². The molecule has 0 aromatic rings. The molecule has 0 aromatic heterocycles. The summed E-state index contributed by atoms with van der Waals surface area (Å²) in [5.41, 5.74) is 0. The molecule has 0 atom stereocenters. The Kier molecular flexibility index (Phi) is 5.14. The molecule has 0 saturated carbocycles. The average Bonchev–Trinajstić information content (AvgIpc) is 2.01. The van der Waals surface area contributed by atoms with Crippen molar-refractivity contribution in [2.75, 3.05) is 0 Å². The molecule has 0 radical (unpaired) electrons. The van der Waals surface area contributed by atoms with Gasteiger partial charge in [-0.25, -0.2) is 0 Å². The summed E-state index contributed by atoms with van der Waals surface area (Å²) in [5.74, 6) is -1.75. The van der Waals surface area contributed by atoms with Gasteiger partial charge in [-0.15, -0.1) is 11.5 Å². The second kappa shape index (κ2) is 5.60. The number of carbonyl (C=O) groups excluding carboxylic acids is 2. The third kappa shape index (κ3) is 4.20. The van der Waals surface area contributed by atoms with Crippen molar-refractivity contribution < 1.29 is 19.8 Å². The SMILES string of the molecule is CC(=O)/C(S/C(C(C)=O)=C(\C)[O-])=C(\C)[O-]. The van der Waals surface area contributed by atoms with Crippen LogP contribution in [0.15, 0.2) is 21.3 Å². The van der Waals surface area contributed by atoms with Gasteiger partial charge in [0, 0.05) is 9.81 Å². The highest BCUT2D eigenvalue weighted by molar-refractivity contribution is 8.08. The number of ketones is 2. The van der Waals surface area contributed by atoms with Crippen LogP contribution in [0.1, 0.15) is 27.7 Å². The van der Waals surface area contributed by atoms with Crippen molar-refractivity contribution >= 4 is 23.3 Å². The maximum Gasteiger partial charge on any atom is 0.165 e. The number of thioether (sulfide) groups is 1. The second-order valence-corrected chi connectivity index (χ2v) is 4.01. The third-order valence-electron chi connectivity index (χ3n) is 1.48. The minimum atomic E-state index is -0.437. The summed E-state index contributed by atoms with van der Waals surface area (Å²) in [6.07, 6.45) is 0. The highest BCUT2D eigenvalue weighted by Crippen LogP contribution is 2.29. The van der Waals surface area contributed by atoms with Crippen LogP contribution in [0.25, 0.3) is 0 Å². The topological polar surface area (TPSA) is 80.3 Å². The molecule has 0 saturated heterocycles. The van der Waals surface area contributed by atoms with Crippen LogP contribution >= 0.6 is 11.8 Å². The first-order valence-electron chi connectivity index (χ1n) is 4.22. The molecule has 0 aliphatic heterocycles. The molecule has 0 fully saturated rings. The number of Topliss-reactive ketones (excluding diaryl/α,β-unsaturated/α-hetero) is 2. The fourth-order valence-corrected chi connectivity index (χ4v) is 1.66. The van der Waals surface area contributed by atoms with Crippen LogP contribution in [0.4, 0.5) is 0 Å². The average molecular weight is 228 g/mol. The van der Waals surface area contributed by atoms with Gasteiger partial charge in [0.2, 0.25) is 0 Å². The van der Waals surface area contributed by atoms with E-state index in [2.05, 4.69) is 0 Å². The van der Waals surface area contributed by atoms with Crippen LogP contribution in [0, 0.1) is 0 Å². The fourth-order valence-electron chi connectivity index (χ4n) is 0.885. The smallest absolute Gasteiger partial charge is 0.165 e. The monoisotopic (exact) mass is 228 g/mol. The van der Waals surface area contributed by atoms with Crippen molar-refractivity contribution in [2.24, 2.45) is 0 Å². The van der Waals surface area contributed by atoms with Crippen LogP contribution in [0.3, 0.4) is 0 Å². The zero-order valence-corrected chi connectivity index (χ0v) is 9.86. The molecule has 4 nitrogen and oxygen atoms in total. The van der Waals surface area contributed by atoms with E-state index in [4.69, 9.17) is 0 Å². The van der Waals surface area contributed by atoms with Crippen molar-refractivity contribution in [2.45, 2.75) is 27.7 Å². The Morgan fingerprint density at radius 2 is 1.07 bits per heavy atom. The fraction of sp³-hybridized carbons (Fsp3) is 0.400. The Morgan fingerprint density at radius 1 is 0.800 bits per heavy atom. The van der Waals surface area contributed by atoms with Crippen molar-refractivity contribution in [3.05, 3.63) is 21.3 Å². The van der Waals surface area contributed by atoms with Gasteiger partial charge in [0.05, 0.1) is 0 Å². The lowest BCUT2D eigenvalue weighted by atomic mass is 10.3. The molecule has 0 bridgehead atoms. The van der Waals surface area contributed by atoms with Crippen LogP contribution in [-0.2, 0) is 9.59 Å². The Balaban J connectivity index is 5.16. The maximum atomic E-state index is 11.1. The van der Waals surface area contributed by atoms with Gasteiger partial charge in [0.25, 0.3) is 0 Å². The Morgan fingerprint density at radius 3 is 1.20 bits per heavy atom. The van der Waals surface area contributed by atoms with E-state index in [1.54, 1.807) is 0 Å². The van der Waals surface area contributed by atoms with E-state index in [0.29, 0.717) is 11.8 Å². The molecule has 84 valence electrons. The number of hydrogen-bond donors (Lipinski definition) is 0. The molecule has 0 N–H and O–H groups in total. The van der Waals surface area contributed by atoms with Crippen molar-refractivity contribution in [3.8, 4) is 0 Å². The van der Waals surface area contributed by atoms with Gasteiger partial charge in [-0.3, -0.25) is 9.59 Å². The molecule has 0 aliphatic carbocycles. The zero-order chi connectivity index (χ0) is 12.2. The molecule has 0 heterocycles. The lowest BCUT2D eigenvalue weighted by Crippen LogP contribution is -2.11. The minimum Gasteiger partial charge on any atom is -0.875 e. The summed E-state index contributed by atoms with van der Waals surface area (Å²) >= 11 is 0.657. The van der Waals surface area contributed by atoms with Gasteiger partial charge in [-0.1, -0.05) is 25.6 Å². The number of rotatable bonds is 4. The number of hydrogen-bond acceptors (Lipinski definition) is 5. The predicted octanol–water partition coefficient (Wildman–Crippen LogP) is 0.0812. The molecule has 0 aromatic carbocycles. The molecule has 5 heteroatoms. The summed E-state index contributed by atoms with van der Waals surface area (Å²) in [4.78, 5) is 21.9. The van der Waals surface area contributed by atoms with Crippen LogP contribution < -0.4 is 10.2 Å². The summed E-state index contributed by atoms with van der Waals surface area (Å²) in [6.45, 7) is 4.90. The lowest BCUT2D eigenvalue weighted by Gasteiger charge is -2.16. The summed E-state index contributed by atoms with van der Waals surface area (Å²) in [6, 6.07) is 0. The Bertz CT molecular complexity index is 310. The highest BCUT2D eigenvalue weighted by atomic mass is 32.2. The van der Waals surface area contributed by atoms with E-state index in [-0.39, 0.29) is 9.81 Å². The predicted molar refractivity (Wildman–Crippen MR) is 54.4 cm³/mol. The highest BCUT2D eigenvalue weighted by Gasteiger charge is 2.11. The molecule has 0 amide bonds. The van der Waals surface area contributed by atoms with Gasteiger partial charge in [-0.2, -0.15) is 0 Å². The van der Waals surface area contributed by atoms with E-state index < -0.39 is 23.1 Å². The van der Waals surface area contributed by atoms with E-state index in [1.807, 2.05) is 0 Å². The van der Waals surface area contributed by atoms with Crippen LogP contribution in [0.2, 0.25) is 0 Å². The van der Waals surface area contributed by atoms with E-state index >= 15 is 0 Å². The molecule has 0 unspecified atom stereocenters. The van der Waals surface area contributed by atoms with Crippen molar-refractivity contribution in [1.29, 1.82) is 0 Å². The van der Waals surface area contributed by atoms with Gasteiger partial charge in [-0.05, 0) is 13.8 Å². The van der Waals surface area contributed by atoms with Crippen molar-refractivity contribution in [1.82, 2.24) is 0 Å². The molecule has 0 rings (SSSR count). The zero-order valence-electron chi connectivity index (χ0n) is 9.04. The van der Waals surface area contributed by atoms with Gasteiger partial charge >= 0.3 is 0 Å².